The maximum absolute atomic E-state index is 12.3. The lowest BCUT2D eigenvalue weighted by Crippen LogP contribution is -2.38. The second-order valence-corrected chi connectivity index (χ2v) is 10.0. The number of carbonyl (C=O) groups is 3. The molecular formula is C28H41N3O11. The van der Waals surface area contributed by atoms with Crippen LogP contribution in [0.5, 0.6) is 11.5 Å². The number of methoxy groups -OCH3 is 1. The van der Waals surface area contributed by atoms with Gasteiger partial charge in [-0.05, 0) is 30.9 Å². The molecule has 2 amide bonds. The van der Waals surface area contributed by atoms with Gasteiger partial charge in [0.15, 0.2) is 12.9 Å². The molecule has 1 heterocycles. The van der Waals surface area contributed by atoms with Crippen molar-refractivity contribution in [2.24, 2.45) is 17.8 Å². The molecular weight excluding hydrogens is 554 g/mol. The van der Waals surface area contributed by atoms with Crippen molar-refractivity contribution in [3.63, 3.8) is 0 Å². The quantitative estimate of drug-likeness (QED) is 0.0820. The van der Waals surface area contributed by atoms with Crippen LogP contribution in [0.1, 0.15) is 12.8 Å². The van der Waals surface area contributed by atoms with E-state index in [1.54, 1.807) is 7.05 Å². The monoisotopic (exact) mass is 595 g/mol. The fourth-order valence-corrected chi connectivity index (χ4v) is 4.89. The van der Waals surface area contributed by atoms with E-state index in [9.17, 15) is 24.6 Å². The number of benzene rings is 1. The number of amides is 2. The number of aromatic hydroxyl groups is 1. The summed E-state index contributed by atoms with van der Waals surface area (Å²) in [6.07, 6.45) is 1.82. The Morgan fingerprint density at radius 1 is 1.10 bits per heavy atom. The number of aliphatic hydroxyl groups excluding tert-OH is 1. The van der Waals surface area contributed by atoms with E-state index in [0.29, 0.717) is 31.0 Å². The first-order valence-corrected chi connectivity index (χ1v) is 13.8. The minimum absolute atomic E-state index is 0.0144. The molecule has 14 nitrogen and oxygen atoms in total. The summed E-state index contributed by atoms with van der Waals surface area (Å²) in [5.74, 6) is -1.17. The summed E-state index contributed by atoms with van der Waals surface area (Å²) >= 11 is 0. The number of nitrogen functional groups attached to an aromatic ring is 1. The number of likely N-dealkylation sites (N-methyl/N-ethyl adjacent to an activating group) is 1. The third-order valence-corrected chi connectivity index (χ3v) is 7.19. The first kappa shape index (κ1) is 32.9. The largest absolute Gasteiger partial charge is 0.508 e. The number of phenols is 1. The molecule has 234 valence electrons. The molecule has 14 heteroatoms. The number of carbonyl (C=O) groups excluding carboxylic acids is 3. The molecule has 5 N–H and O–H groups in total. The van der Waals surface area contributed by atoms with Crippen LogP contribution in [0.15, 0.2) is 30.0 Å². The third kappa shape index (κ3) is 9.76. The van der Waals surface area contributed by atoms with Gasteiger partial charge < -0.3 is 54.6 Å². The fraction of sp³-hybridized carbons (Fsp3) is 0.607. The van der Waals surface area contributed by atoms with E-state index in [1.165, 1.54) is 36.5 Å². The Hall–Kier alpha value is -3.59. The number of ether oxygens (including phenoxy) is 6. The van der Waals surface area contributed by atoms with E-state index >= 15 is 0 Å². The number of esters is 1. The van der Waals surface area contributed by atoms with Crippen LogP contribution in [0.25, 0.3) is 0 Å². The molecule has 0 aromatic heterocycles. The number of rotatable bonds is 17. The number of nitrogens with one attached hydrogen (secondary N) is 1. The van der Waals surface area contributed by atoms with Crippen LogP contribution in [-0.4, -0.2) is 113 Å². The van der Waals surface area contributed by atoms with Crippen molar-refractivity contribution < 1.29 is 53.0 Å². The van der Waals surface area contributed by atoms with Crippen molar-refractivity contribution in [3.8, 4) is 11.5 Å². The topological polar surface area (TPSA) is 188 Å². The average molecular weight is 596 g/mol. The standard InChI is InChI=1S/C28H41N3O11/c1-31(8-10-39-14-18-3-5-20-21(27(35)37-2)15-42-28(36)26(18)20)25(34)17-40-12-11-38-9-7-30-24(33)16-41-23-13-19(32)4-6-22(23)29/h4,6,13,15,18,20,26,28,32,36H,3,5,7-12,14,16-17,29H2,1-2H3,(H,30,33). The molecule has 0 spiro atoms. The lowest BCUT2D eigenvalue weighted by atomic mass is 9.83. The minimum atomic E-state index is -1.000. The molecule has 0 bridgehead atoms. The number of nitrogens with zero attached hydrogens (tertiary/aromatic N) is 1. The number of anilines is 1. The number of aliphatic hydroxyl groups is 1. The molecule has 2 aliphatic rings. The predicted molar refractivity (Wildman–Crippen MR) is 148 cm³/mol. The van der Waals surface area contributed by atoms with Crippen molar-refractivity contribution >= 4 is 23.5 Å². The van der Waals surface area contributed by atoms with Crippen LogP contribution in [0.4, 0.5) is 5.69 Å². The first-order valence-electron chi connectivity index (χ1n) is 13.8. The third-order valence-electron chi connectivity index (χ3n) is 7.19. The van der Waals surface area contributed by atoms with Crippen LogP contribution in [0, 0.1) is 17.8 Å². The summed E-state index contributed by atoms with van der Waals surface area (Å²) in [6, 6.07) is 4.23. The highest BCUT2D eigenvalue weighted by Gasteiger charge is 2.47. The Labute approximate surface area is 244 Å². The van der Waals surface area contributed by atoms with Gasteiger partial charge in [-0.25, -0.2) is 4.79 Å². The van der Waals surface area contributed by atoms with Gasteiger partial charge in [0.1, 0.15) is 18.1 Å². The number of fused-ring (bicyclic) bond motifs is 1. The second kappa shape index (κ2) is 16.8. The lowest BCUT2D eigenvalue weighted by molar-refractivity contribution is -0.147. The smallest absolute Gasteiger partial charge is 0.337 e. The van der Waals surface area contributed by atoms with Gasteiger partial charge >= 0.3 is 5.97 Å². The fourth-order valence-electron chi connectivity index (χ4n) is 4.89. The van der Waals surface area contributed by atoms with Gasteiger partial charge in [-0.15, -0.1) is 0 Å². The molecule has 0 radical (unpaired) electrons. The number of nitrogens with two attached hydrogens (primary N) is 1. The van der Waals surface area contributed by atoms with E-state index in [0.717, 1.165) is 12.8 Å². The van der Waals surface area contributed by atoms with Gasteiger partial charge in [0.2, 0.25) is 5.91 Å². The van der Waals surface area contributed by atoms with Crippen molar-refractivity contribution in [2.45, 2.75) is 19.1 Å². The maximum Gasteiger partial charge on any atom is 0.337 e. The molecule has 1 aromatic rings. The Morgan fingerprint density at radius 2 is 1.88 bits per heavy atom. The Bertz CT molecular complexity index is 1080. The molecule has 4 atom stereocenters. The highest BCUT2D eigenvalue weighted by atomic mass is 16.6. The molecule has 1 aliphatic heterocycles. The zero-order chi connectivity index (χ0) is 30.5. The van der Waals surface area contributed by atoms with Gasteiger partial charge in [0.05, 0.1) is 51.1 Å². The average Bonchev–Trinajstić information content (AvgIpc) is 3.41. The SMILES string of the molecule is COC(=O)C1=COC(O)C2C(COCCN(C)C(=O)COCCOCCNC(=O)COc3cc(O)ccc3N)CCC12. The predicted octanol–water partition coefficient (Wildman–Crippen LogP) is 0.0255. The summed E-state index contributed by atoms with van der Waals surface area (Å²) in [4.78, 5) is 37.7. The number of hydrogen-bond donors (Lipinski definition) is 4. The van der Waals surface area contributed by atoms with Gasteiger partial charge in [-0.2, -0.15) is 0 Å². The summed E-state index contributed by atoms with van der Waals surface area (Å²) in [7, 11) is 2.97. The zero-order valence-electron chi connectivity index (χ0n) is 24.0. The molecule has 0 saturated heterocycles. The highest BCUT2D eigenvalue weighted by molar-refractivity contribution is 5.89. The number of hydrogen-bond acceptors (Lipinski definition) is 12. The maximum atomic E-state index is 12.3. The van der Waals surface area contributed by atoms with Crippen molar-refractivity contribution in [2.75, 3.05) is 79.2 Å². The Morgan fingerprint density at radius 3 is 2.67 bits per heavy atom. The molecule has 1 fully saturated rings. The van der Waals surface area contributed by atoms with Crippen LogP contribution in [-0.2, 0) is 38.1 Å². The van der Waals surface area contributed by atoms with E-state index in [1.807, 2.05) is 0 Å². The molecule has 1 aromatic carbocycles. The van der Waals surface area contributed by atoms with E-state index in [-0.39, 0.29) is 80.6 Å². The molecule has 1 aliphatic carbocycles. The number of phenolic OH excluding ortho intramolecular Hbond substituents is 1. The molecule has 1 saturated carbocycles. The highest BCUT2D eigenvalue weighted by Crippen LogP contribution is 2.46. The van der Waals surface area contributed by atoms with Crippen molar-refractivity contribution in [1.82, 2.24) is 10.2 Å². The Kier molecular flexibility index (Phi) is 13.1. The zero-order valence-corrected chi connectivity index (χ0v) is 24.0. The summed E-state index contributed by atoms with van der Waals surface area (Å²) in [5, 5.41) is 22.4. The van der Waals surface area contributed by atoms with Crippen molar-refractivity contribution in [1.29, 1.82) is 0 Å². The summed E-state index contributed by atoms with van der Waals surface area (Å²) in [5.41, 5.74) is 6.48. The van der Waals surface area contributed by atoms with Crippen LogP contribution >= 0.6 is 0 Å². The molecule has 3 rings (SSSR count). The van der Waals surface area contributed by atoms with E-state index < -0.39 is 12.3 Å². The van der Waals surface area contributed by atoms with Crippen molar-refractivity contribution in [3.05, 3.63) is 30.0 Å². The van der Waals surface area contributed by atoms with Crippen LogP contribution < -0.4 is 15.8 Å². The lowest BCUT2D eigenvalue weighted by Gasteiger charge is -2.33. The Balaban J connectivity index is 1.18. The minimum Gasteiger partial charge on any atom is -0.508 e. The second-order valence-electron chi connectivity index (χ2n) is 10.0. The van der Waals surface area contributed by atoms with E-state index in [2.05, 4.69) is 5.32 Å². The molecule has 4 unspecified atom stereocenters. The summed E-state index contributed by atoms with van der Waals surface area (Å²) in [6.45, 7) is 1.67. The summed E-state index contributed by atoms with van der Waals surface area (Å²) < 4.78 is 31.9. The van der Waals surface area contributed by atoms with Gasteiger partial charge in [0.25, 0.3) is 5.91 Å². The van der Waals surface area contributed by atoms with Gasteiger partial charge in [0, 0.05) is 44.6 Å². The van der Waals surface area contributed by atoms with Crippen LogP contribution in [0.2, 0.25) is 0 Å². The van der Waals surface area contributed by atoms with Crippen LogP contribution in [0.3, 0.4) is 0 Å². The van der Waals surface area contributed by atoms with E-state index in [4.69, 9.17) is 34.2 Å². The first-order chi connectivity index (χ1) is 20.2. The molecule has 42 heavy (non-hydrogen) atoms. The van der Waals surface area contributed by atoms with Gasteiger partial charge in [-0.1, -0.05) is 0 Å². The van der Waals surface area contributed by atoms with Gasteiger partial charge in [-0.3, -0.25) is 9.59 Å². The normalized spacial score (nSPS) is 21.1.